The highest BCUT2D eigenvalue weighted by molar-refractivity contribution is 5.76. The maximum absolute atomic E-state index is 12.5. The molecule has 0 heterocycles. The number of unbranched alkanes of at least 4 members (excludes halogenated alkanes) is 52. The zero-order valence-corrected chi connectivity index (χ0v) is 51.5. The number of carbonyl (C=O) groups is 2. The van der Waals surface area contributed by atoms with Crippen LogP contribution in [0.1, 0.15) is 386 Å². The summed E-state index contributed by atoms with van der Waals surface area (Å²) in [4.78, 5) is 24.6. The number of hydrogen-bond donors (Lipinski definition) is 3. The lowest BCUT2D eigenvalue weighted by Gasteiger charge is -2.20. The molecule has 0 rings (SSSR count). The predicted octanol–water partition coefficient (Wildman–Crippen LogP) is 22.1. The third kappa shape index (κ3) is 61.6. The summed E-state index contributed by atoms with van der Waals surface area (Å²) in [5.41, 5.74) is 0. The number of allylic oxidation sites excluding steroid dienone is 3. The number of ether oxygens (including phenoxy) is 1. The minimum absolute atomic E-state index is 0.0165. The minimum Gasteiger partial charge on any atom is -0.466 e. The molecule has 6 nitrogen and oxygen atoms in total. The van der Waals surface area contributed by atoms with E-state index in [1.54, 1.807) is 6.08 Å². The molecule has 0 radical (unpaired) electrons. The van der Waals surface area contributed by atoms with Crippen LogP contribution in [0, 0.1) is 0 Å². The first-order valence-corrected chi connectivity index (χ1v) is 34.6. The first-order chi connectivity index (χ1) is 37.5. The van der Waals surface area contributed by atoms with Gasteiger partial charge in [0.1, 0.15) is 0 Å². The number of hydrogen-bond acceptors (Lipinski definition) is 5. The van der Waals surface area contributed by atoms with Crippen molar-refractivity contribution in [1.29, 1.82) is 0 Å². The van der Waals surface area contributed by atoms with Crippen molar-refractivity contribution in [3.05, 3.63) is 24.3 Å². The Bertz CT molecular complexity index is 1190. The molecule has 0 aromatic rings. The fourth-order valence-corrected chi connectivity index (χ4v) is 10.9. The van der Waals surface area contributed by atoms with Crippen LogP contribution >= 0.6 is 0 Å². The monoisotopic (exact) mass is 1070 g/mol. The summed E-state index contributed by atoms with van der Waals surface area (Å²) in [6.45, 7) is 4.94. The SMILES string of the molecule is CCCCCCCCCCCCCCCCC/C=C/C(O)C(CO)NC(=O)CCCCCCCCC/C=C\CCCCCCCCCCCCCCOC(=O)CCCCCCCCCCCCCCCCCCCCC. The van der Waals surface area contributed by atoms with Crippen LogP contribution in [-0.4, -0.2) is 47.4 Å². The average molecular weight is 1070 g/mol. The Kier molecular flexibility index (Phi) is 64.4. The van der Waals surface area contributed by atoms with Gasteiger partial charge in [0.05, 0.1) is 25.4 Å². The molecule has 2 unspecified atom stereocenters. The van der Waals surface area contributed by atoms with Crippen molar-refractivity contribution < 1.29 is 24.5 Å². The molecule has 0 aliphatic heterocycles. The Balaban J connectivity index is 3.40. The molecular formula is C70H135NO5. The van der Waals surface area contributed by atoms with Crippen LogP contribution < -0.4 is 5.32 Å². The minimum atomic E-state index is -0.848. The highest BCUT2D eigenvalue weighted by atomic mass is 16.5. The molecule has 2 atom stereocenters. The smallest absolute Gasteiger partial charge is 0.305 e. The standard InChI is InChI=1S/C70H135NO5/c1-3-5-7-9-11-13-15-17-19-21-27-32-36-40-44-48-52-56-60-64-70(75)76-65-61-57-53-49-45-41-37-33-29-26-24-22-23-25-28-31-35-39-43-47-51-55-59-63-69(74)71-67(66-72)68(73)62-58-54-50-46-42-38-34-30-20-18-16-14-12-10-8-6-4-2/h25,28,58,62,67-68,72-73H,3-24,26-27,29-57,59-61,63-66H2,1-2H3,(H,71,74)/b28-25-,62-58+. The van der Waals surface area contributed by atoms with Gasteiger partial charge < -0.3 is 20.3 Å². The summed E-state index contributed by atoms with van der Waals surface area (Å²) in [7, 11) is 0. The van der Waals surface area contributed by atoms with Gasteiger partial charge in [-0.05, 0) is 57.8 Å². The molecule has 0 fully saturated rings. The molecule has 0 saturated heterocycles. The second-order valence-electron chi connectivity index (χ2n) is 23.9. The molecule has 0 aromatic carbocycles. The molecule has 0 bridgehead atoms. The summed E-state index contributed by atoms with van der Waals surface area (Å²) < 4.78 is 5.51. The van der Waals surface area contributed by atoms with Crippen LogP contribution in [0.25, 0.3) is 0 Å². The Morgan fingerprint density at radius 1 is 0.355 bits per heavy atom. The first kappa shape index (κ1) is 74.3. The van der Waals surface area contributed by atoms with Crippen LogP contribution in [-0.2, 0) is 14.3 Å². The Hall–Kier alpha value is -1.66. The van der Waals surface area contributed by atoms with Crippen molar-refractivity contribution in [3.8, 4) is 0 Å². The van der Waals surface area contributed by atoms with Crippen molar-refractivity contribution >= 4 is 11.9 Å². The number of amides is 1. The van der Waals surface area contributed by atoms with Crippen molar-refractivity contribution in [2.45, 2.75) is 398 Å². The molecule has 0 saturated carbocycles. The number of carbonyl (C=O) groups excluding carboxylic acids is 2. The third-order valence-corrected chi connectivity index (χ3v) is 16.2. The molecule has 6 heteroatoms. The van der Waals surface area contributed by atoms with E-state index in [-0.39, 0.29) is 18.5 Å². The van der Waals surface area contributed by atoms with Crippen LogP contribution in [0.4, 0.5) is 0 Å². The number of esters is 1. The van der Waals surface area contributed by atoms with Crippen molar-refractivity contribution in [2.75, 3.05) is 13.2 Å². The quantitative estimate of drug-likeness (QED) is 0.0320. The average Bonchev–Trinajstić information content (AvgIpc) is 3.42. The zero-order chi connectivity index (χ0) is 55.0. The Morgan fingerprint density at radius 2 is 0.618 bits per heavy atom. The number of aliphatic hydroxyl groups is 2. The number of rotatable bonds is 65. The van der Waals surface area contributed by atoms with E-state index in [1.807, 2.05) is 6.08 Å². The largest absolute Gasteiger partial charge is 0.466 e. The highest BCUT2D eigenvalue weighted by Crippen LogP contribution is 2.18. The van der Waals surface area contributed by atoms with Gasteiger partial charge in [-0.25, -0.2) is 0 Å². The van der Waals surface area contributed by atoms with Crippen LogP contribution in [0.5, 0.6) is 0 Å². The van der Waals surface area contributed by atoms with E-state index in [0.717, 1.165) is 44.9 Å². The van der Waals surface area contributed by atoms with Crippen molar-refractivity contribution in [2.24, 2.45) is 0 Å². The van der Waals surface area contributed by atoms with Crippen LogP contribution in [0.15, 0.2) is 24.3 Å². The van der Waals surface area contributed by atoms with E-state index in [0.29, 0.717) is 19.4 Å². The summed E-state index contributed by atoms with van der Waals surface area (Å²) in [6, 6.07) is -0.632. The fourth-order valence-electron chi connectivity index (χ4n) is 10.9. The topological polar surface area (TPSA) is 95.9 Å². The summed E-state index contributed by atoms with van der Waals surface area (Å²) >= 11 is 0. The van der Waals surface area contributed by atoms with Gasteiger partial charge in [-0.15, -0.1) is 0 Å². The van der Waals surface area contributed by atoms with Crippen LogP contribution in [0.2, 0.25) is 0 Å². The molecule has 0 aliphatic rings. The van der Waals surface area contributed by atoms with E-state index >= 15 is 0 Å². The van der Waals surface area contributed by atoms with Crippen molar-refractivity contribution in [3.63, 3.8) is 0 Å². The number of aliphatic hydroxyl groups excluding tert-OH is 2. The van der Waals surface area contributed by atoms with E-state index < -0.39 is 12.1 Å². The normalized spacial score (nSPS) is 12.6. The molecule has 0 aliphatic carbocycles. The maximum Gasteiger partial charge on any atom is 0.305 e. The van der Waals surface area contributed by atoms with E-state index in [4.69, 9.17) is 4.74 Å². The van der Waals surface area contributed by atoms with E-state index in [9.17, 15) is 19.8 Å². The first-order valence-electron chi connectivity index (χ1n) is 34.6. The predicted molar refractivity (Wildman–Crippen MR) is 333 cm³/mol. The molecule has 3 N–H and O–H groups in total. The van der Waals surface area contributed by atoms with E-state index in [1.165, 1.54) is 315 Å². The van der Waals surface area contributed by atoms with Gasteiger partial charge in [0.25, 0.3) is 0 Å². The third-order valence-electron chi connectivity index (χ3n) is 16.2. The second kappa shape index (κ2) is 65.9. The van der Waals surface area contributed by atoms with Gasteiger partial charge in [0.15, 0.2) is 0 Å². The van der Waals surface area contributed by atoms with E-state index in [2.05, 4.69) is 31.3 Å². The van der Waals surface area contributed by atoms with Gasteiger partial charge in [-0.1, -0.05) is 340 Å². The summed E-state index contributed by atoms with van der Waals surface area (Å²) in [6.07, 6.45) is 82.5. The second-order valence-corrected chi connectivity index (χ2v) is 23.9. The Morgan fingerprint density at radius 3 is 0.934 bits per heavy atom. The summed E-state index contributed by atoms with van der Waals surface area (Å²) in [5.74, 6) is -0.0549. The van der Waals surface area contributed by atoms with Gasteiger partial charge in [-0.3, -0.25) is 9.59 Å². The van der Waals surface area contributed by atoms with Gasteiger partial charge >= 0.3 is 5.97 Å². The van der Waals surface area contributed by atoms with Gasteiger partial charge in [-0.2, -0.15) is 0 Å². The van der Waals surface area contributed by atoms with Gasteiger partial charge in [0, 0.05) is 12.8 Å². The van der Waals surface area contributed by atoms with Gasteiger partial charge in [0.2, 0.25) is 5.91 Å². The number of nitrogens with one attached hydrogen (secondary N) is 1. The molecule has 0 aromatic heterocycles. The zero-order valence-electron chi connectivity index (χ0n) is 51.5. The lowest BCUT2D eigenvalue weighted by Crippen LogP contribution is -2.45. The maximum atomic E-state index is 12.5. The lowest BCUT2D eigenvalue weighted by molar-refractivity contribution is -0.143. The lowest BCUT2D eigenvalue weighted by atomic mass is 10.0. The molecule has 450 valence electrons. The molecule has 76 heavy (non-hydrogen) atoms. The Labute approximate surface area is 475 Å². The molecule has 0 spiro atoms. The molecular weight excluding hydrogens is 935 g/mol. The van der Waals surface area contributed by atoms with Crippen LogP contribution in [0.3, 0.4) is 0 Å². The fraction of sp³-hybridized carbons (Fsp3) is 0.914. The summed E-state index contributed by atoms with van der Waals surface area (Å²) in [5, 5.41) is 23.2. The van der Waals surface area contributed by atoms with Crippen molar-refractivity contribution in [1.82, 2.24) is 5.32 Å². The molecule has 1 amide bonds. The highest BCUT2D eigenvalue weighted by Gasteiger charge is 2.18.